The molecule has 0 aliphatic heterocycles. The number of hydrogen-bond acceptors (Lipinski definition) is 3. The average Bonchev–Trinajstić information content (AvgIpc) is 2.32. The van der Waals surface area contributed by atoms with Crippen LogP contribution in [0.4, 0.5) is 0 Å². The molecule has 0 atom stereocenters. The van der Waals surface area contributed by atoms with Gasteiger partial charge in [0.25, 0.3) is 0 Å². The normalized spacial score (nSPS) is 10.1. The van der Waals surface area contributed by atoms with E-state index in [9.17, 15) is 4.79 Å². The van der Waals surface area contributed by atoms with Crippen molar-refractivity contribution in [1.29, 1.82) is 0 Å². The molecule has 1 heterocycles. The SMILES string of the molecule is NCC(=O)c1scc(Br)c1Br. The minimum absolute atomic E-state index is 0.0347. The van der Waals surface area contributed by atoms with Gasteiger partial charge in [-0.1, -0.05) is 0 Å². The highest BCUT2D eigenvalue weighted by molar-refractivity contribution is 9.13. The highest BCUT2D eigenvalue weighted by Crippen LogP contribution is 2.32. The van der Waals surface area contributed by atoms with Gasteiger partial charge in [-0.3, -0.25) is 4.79 Å². The number of ketones is 1. The van der Waals surface area contributed by atoms with Gasteiger partial charge in [0.1, 0.15) is 0 Å². The van der Waals surface area contributed by atoms with Crippen molar-refractivity contribution < 1.29 is 4.79 Å². The maximum absolute atomic E-state index is 11.1. The third-order valence-corrected chi connectivity index (χ3v) is 4.70. The highest BCUT2D eigenvalue weighted by atomic mass is 79.9. The van der Waals surface area contributed by atoms with Crippen molar-refractivity contribution in [3.63, 3.8) is 0 Å². The van der Waals surface area contributed by atoms with Gasteiger partial charge in [0.15, 0.2) is 5.78 Å². The van der Waals surface area contributed by atoms with E-state index in [-0.39, 0.29) is 12.3 Å². The summed E-state index contributed by atoms with van der Waals surface area (Å²) in [5.41, 5.74) is 5.20. The Labute approximate surface area is 85.0 Å². The molecule has 11 heavy (non-hydrogen) atoms. The summed E-state index contributed by atoms with van der Waals surface area (Å²) in [6.07, 6.45) is 0. The van der Waals surface area contributed by atoms with Crippen LogP contribution in [0.3, 0.4) is 0 Å². The fourth-order valence-corrected chi connectivity index (χ4v) is 2.75. The molecule has 0 saturated carbocycles. The summed E-state index contributed by atoms with van der Waals surface area (Å²) in [4.78, 5) is 11.8. The summed E-state index contributed by atoms with van der Waals surface area (Å²) in [5, 5.41) is 1.85. The highest BCUT2D eigenvalue weighted by Gasteiger charge is 2.12. The van der Waals surface area contributed by atoms with Crippen molar-refractivity contribution >= 4 is 49.0 Å². The Hall–Kier alpha value is 0.290. The molecule has 0 amide bonds. The lowest BCUT2D eigenvalue weighted by atomic mass is 10.3. The Balaban J connectivity index is 3.04. The number of halogens is 2. The lowest BCUT2D eigenvalue weighted by Gasteiger charge is -1.92. The molecule has 0 spiro atoms. The van der Waals surface area contributed by atoms with Crippen molar-refractivity contribution in [2.24, 2.45) is 5.73 Å². The van der Waals surface area contributed by atoms with E-state index in [4.69, 9.17) is 5.73 Å². The fraction of sp³-hybridized carbons (Fsp3) is 0.167. The zero-order valence-electron chi connectivity index (χ0n) is 5.43. The first-order chi connectivity index (χ1) is 5.16. The predicted octanol–water partition coefficient (Wildman–Crippen LogP) is 2.41. The topological polar surface area (TPSA) is 43.1 Å². The quantitative estimate of drug-likeness (QED) is 0.852. The molecule has 60 valence electrons. The van der Waals surface area contributed by atoms with Gasteiger partial charge < -0.3 is 5.73 Å². The number of hydrogen-bond donors (Lipinski definition) is 1. The molecule has 0 saturated heterocycles. The van der Waals surface area contributed by atoms with Gasteiger partial charge in [0.2, 0.25) is 0 Å². The van der Waals surface area contributed by atoms with Crippen LogP contribution in [0.25, 0.3) is 0 Å². The molecular weight excluding hydrogens is 294 g/mol. The first kappa shape index (κ1) is 9.38. The number of carbonyl (C=O) groups is 1. The molecule has 1 aromatic rings. The van der Waals surface area contributed by atoms with E-state index in [0.717, 1.165) is 8.95 Å². The van der Waals surface area contributed by atoms with Crippen LogP contribution < -0.4 is 5.73 Å². The summed E-state index contributed by atoms with van der Waals surface area (Å²) in [7, 11) is 0. The molecule has 0 radical (unpaired) electrons. The number of Topliss-reactive ketones (excluding diaryl/α,β-unsaturated/α-hetero) is 1. The number of carbonyl (C=O) groups excluding carboxylic acids is 1. The second-order valence-electron chi connectivity index (χ2n) is 1.85. The van der Waals surface area contributed by atoms with E-state index >= 15 is 0 Å². The number of thiophene rings is 1. The Morgan fingerprint density at radius 1 is 1.64 bits per heavy atom. The van der Waals surface area contributed by atoms with Gasteiger partial charge in [-0.2, -0.15) is 0 Å². The zero-order valence-corrected chi connectivity index (χ0v) is 9.42. The van der Waals surface area contributed by atoms with Gasteiger partial charge in [0.05, 0.1) is 15.9 Å². The Kier molecular flexibility index (Phi) is 3.24. The van der Waals surface area contributed by atoms with Crippen molar-refractivity contribution in [3.8, 4) is 0 Å². The van der Waals surface area contributed by atoms with E-state index in [1.54, 1.807) is 0 Å². The van der Waals surface area contributed by atoms with E-state index < -0.39 is 0 Å². The Morgan fingerprint density at radius 2 is 2.27 bits per heavy atom. The second-order valence-corrected chi connectivity index (χ2v) is 4.38. The van der Waals surface area contributed by atoms with Gasteiger partial charge in [-0.15, -0.1) is 11.3 Å². The third kappa shape index (κ3) is 1.90. The molecule has 1 rings (SSSR count). The lowest BCUT2D eigenvalue weighted by Crippen LogP contribution is -2.12. The molecule has 0 aliphatic carbocycles. The first-order valence-electron chi connectivity index (χ1n) is 2.82. The molecular formula is C6H5Br2NOS. The van der Waals surface area contributed by atoms with Crippen molar-refractivity contribution in [2.45, 2.75) is 0 Å². The first-order valence-corrected chi connectivity index (χ1v) is 5.29. The molecule has 1 aromatic heterocycles. The Morgan fingerprint density at radius 3 is 2.64 bits per heavy atom. The summed E-state index contributed by atoms with van der Waals surface area (Å²) in [5.74, 6) is -0.0347. The van der Waals surface area contributed by atoms with Gasteiger partial charge in [-0.25, -0.2) is 0 Å². The van der Waals surface area contributed by atoms with Crippen LogP contribution in [0.2, 0.25) is 0 Å². The number of nitrogens with two attached hydrogens (primary N) is 1. The lowest BCUT2D eigenvalue weighted by molar-refractivity contribution is 0.100. The van der Waals surface area contributed by atoms with Gasteiger partial charge in [-0.05, 0) is 31.9 Å². The maximum atomic E-state index is 11.1. The number of rotatable bonds is 2. The minimum atomic E-state index is -0.0347. The summed E-state index contributed by atoms with van der Waals surface area (Å²) >= 11 is 7.95. The Bertz CT molecular complexity index is 284. The molecule has 0 bridgehead atoms. The van der Waals surface area contributed by atoms with Crippen LogP contribution in [0.5, 0.6) is 0 Å². The molecule has 0 aromatic carbocycles. The predicted molar refractivity (Wildman–Crippen MR) is 53.1 cm³/mol. The molecule has 2 nitrogen and oxygen atoms in total. The van der Waals surface area contributed by atoms with Crippen LogP contribution in [0, 0.1) is 0 Å². The minimum Gasteiger partial charge on any atom is -0.324 e. The standard InChI is InChI=1S/C6H5Br2NOS/c7-3-2-11-6(5(3)8)4(10)1-9/h2H,1,9H2. The molecule has 0 aliphatic rings. The van der Waals surface area contributed by atoms with Crippen molar-refractivity contribution in [2.75, 3.05) is 6.54 Å². The second kappa shape index (κ2) is 3.80. The molecule has 0 unspecified atom stereocenters. The monoisotopic (exact) mass is 297 g/mol. The van der Waals surface area contributed by atoms with E-state index in [0.29, 0.717) is 4.88 Å². The summed E-state index contributed by atoms with van der Waals surface area (Å²) in [6.45, 7) is 0.0611. The van der Waals surface area contributed by atoms with E-state index in [1.807, 2.05) is 5.38 Å². The fourth-order valence-electron chi connectivity index (χ4n) is 0.603. The van der Waals surface area contributed by atoms with Crippen LogP contribution in [-0.2, 0) is 0 Å². The van der Waals surface area contributed by atoms with Crippen LogP contribution in [0.1, 0.15) is 9.67 Å². The van der Waals surface area contributed by atoms with Crippen molar-refractivity contribution in [1.82, 2.24) is 0 Å². The summed E-state index contributed by atoms with van der Waals surface area (Å²) < 4.78 is 1.71. The summed E-state index contributed by atoms with van der Waals surface area (Å²) in [6, 6.07) is 0. The van der Waals surface area contributed by atoms with E-state index in [2.05, 4.69) is 31.9 Å². The molecule has 5 heteroatoms. The van der Waals surface area contributed by atoms with Crippen molar-refractivity contribution in [3.05, 3.63) is 19.2 Å². The third-order valence-electron chi connectivity index (χ3n) is 1.13. The van der Waals surface area contributed by atoms with Gasteiger partial charge >= 0.3 is 0 Å². The van der Waals surface area contributed by atoms with Crippen LogP contribution in [0.15, 0.2) is 14.3 Å². The molecule has 2 N–H and O–H groups in total. The molecule has 0 fully saturated rings. The largest absolute Gasteiger partial charge is 0.324 e. The average molecular weight is 299 g/mol. The van der Waals surface area contributed by atoms with Gasteiger partial charge in [0, 0.05) is 9.85 Å². The van der Waals surface area contributed by atoms with Crippen LogP contribution in [-0.4, -0.2) is 12.3 Å². The van der Waals surface area contributed by atoms with E-state index in [1.165, 1.54) is 11.3 Å². The zero-order chi connectivity index (χ0) is 8.43. The maximum Gasteiger partial charge on any atom is 0.187 e. The van der Waals surface area contributed by atoms with Crippen LogP contribution >= 0.6 is 43.2 Å². The smallest absolute Gasteiger partial charge is 0.187 e.